The zero-order valence-electron chi connectivity index (χ0n) is 12.8. The van der Waals surface area contributed by atoms with Crippen LogP contribution >= 0.6 is 0 Å². The summed E-state index contributed by atoms with van der Waals surface area (Å²) in [5.74, 6) is 1.06. The van der Waals surface area contributed by atoms with E-state index in [1.165, 1.54) is 21.9 Å². The number of aromatic nitrogens is 1. The summed E-state index contributed by atoms with van der Waals surface area (Å²) in [6, 6.07) is 6.56. The molecule has 0 aliphatic carbocycles. The number of nitrogens with zero attached hydrogens (tertiary/aromatic N) is 3. The topological polar surface area (TPSA) is 39.6 Å². The number of piperazine rings is 1. The number of rotatable bonds is 3. The smallest absolute Gasteiger partial charge is 0.129 e. The molecule has 1 saturated heterocycles. The molecular formula is C17H23N3O. The fourth-order valence-corrected chi connectivity index (χ4v) is 2.98. The number of β-amino-alcohol motifs (C(OH)–C–C–N with tert-alkyl or cyclic N) is 1. The van der Waals surface area contributed by atoms with E-state index in [4.69, 9.17) is 5.11 Å². The Hall–Kier alpha value is -1.65. The summed E-state index contributed by atoms with van der Waals surface area (Å²) in [6.45, 7) is 9.26. The predicted molar refractivity (Wildman–Crippen MR) is 87.0 cm³/mol. The lowest BCUT2D eigenvalue weighted by atomic mass is 10.0. The number of benzene rings is 1. The van der Waals surface area contributed by atoms with Gasteiger partial charge in [0.25, 0.3) is 0 Å². The van der Waals surface area contributed by atoms with Gasteiger partial charge in [-0.05, 0) is 36.4 Å². The molecule has 0 bridgehead atoms. The average molecular weight is 285 g/mol. The minimum atomic E-state index is 0.243. The largest absolute Gasteiger partial charge is 0.395 e. The zero-order valence-corrected chi connectivity index (χ0v) is 12.8. The van der Waals surface area contributed by atoms with Crippen molar-refractivity contribution < 1.29 is 5.11 Å². The van der Waals surface area contributed by atoms with Crippen LogP contribution in [0.1, 0.15) is 11.1 Å². The summed E-state index contributed by atoms with van der Waals surface area (Å²) in [5.41, 5.74) is 2.63. The van der Waals surface area contributed by atoms with Crippen molar-refractivity contribution in [2.75, 3.05) is 44.2 Å². The van der Waals surface area contributed by atoms with Gasteiger partial charge in [0.1, 0.15) is 5.82 Å². The van der Waals surface area contributed by atoms with E-state index < -0.39 is 0 Å². The van der Waals surface area contributed by atoms with Gasteiger partial charge >= 0.3 is 0 Å². The molecular weight excluding hydrogens is 262 g/mol. The molecule has 2 heterocycles. The van der Waals surface area contributed by atoms with Crippen molar-refractivity contribution in [2.24, 2.45) is 0 Å². The molecule has 0 atom stereocenters. The molecule has 0 spiro atoms. The van der Waals surface area contributed by atoms with Crippen LogP contribution in [0, 0.1) is 13.8 Å². The maximum absolute atomic E-state index is 9.00. The Morgan fingerprint density at radius 3 is 2.62 bits per heavy atom. The lowest BCUT2D eigenvalue weighted by molar-refractivity contribution is 0.188. The van der Waals surface area contributed by atoms with E-state index in [0.717, 1.165) is 38.5 Å². The van der Waals surface area contributed by atoms with Crippen molar-refractivity contribution in [3.8, 4) is 0 Å². The highest BCUT2D eigenvalue weighted by atomic mass is 16.3. The summed E-state index contributed by atoms with van der Waals surface area (Å²) in [4.78, 5) is 9.29. The highest BCUT2D eigenvalue weighted by molar-refractivity contribution is 5.87. The summed E-state index contributed by atoms with van der Waals surface area (Å²) < 4.78 is 0. The van der Waals surface area contributed by atoms with Gasteiger partial charge < -0.3 is 10.0 Å². The summed E-state index contributed by atoms with van der Waals surface area (Å²) in [5, 5.41) is 11.5. The Labute approximate surface area is 126 Å². The van der Waals surface area contributed by atoms with E-state index in [1.807, 2.05) is 6.20 Å². The Balaban J connectivity index is 1.81. The normalized spacial score (nSPS) is 16.6. The average Bonchev–Trinajstić information content (AvgIpc) is 2.52. The molecule has 0 radical (unpaired) electrons. The molecule has 1 aromatic carbocycles. The fourth-order valence-electron chi connectivity index (χ4n) is 2.98. The molecule has 0 saturated carbocycles. The molecule has 1 N–H and O–H groups in total. The van der Waals surface area contributed by atoms with Gasteiger partial charge in [0.2, 0.25) is 0 Å². The second-order valence-corrected chi connectivity index (χ2v) is 5.82. The van der Waals surface area contributed by atoms with Crippen LogP contribution in [-0.4, -0.2) is 54.3 Å². The van der Waals surface area contributed by atoms with Crippen LogP contribution in [0.25, 0.3) is 10.8 Å². The number of aliphatic hydroxyl groups excluding tert-OH is 1. The van der Waals surface area contributed by atoms with Crippen molar-refractivity contribution in [2.45, 2.75) is 13.8 Å². The summed E-state index contributed by atoms with van der Waals surface area (Å²) in [7, 11) is 0. The van der Waals surface area contributed by atoms with Crippen LogP contribution in [0.5, 0.6) is 0 Å². The van der Waals surface area contributed by atoms with E-state index >= 15 is 0 Å². The molecule has 1 aromatic heterocycles. The van der Waals surface area contributed by atoms with Gasteiger partial charge in [-0.25, -0.2) is 4.98 Å². The van der Waals surface area contributed by atoms with E-state index in [0.29, 0.717) is 0 Å². The summed E-state index contributed by atoms with van der Waals surface area (Å²) >= 11 is 0. The molecule has 0 unspecified atom stereocenters. The van der Waals surface area contributed by atoms with Crippen molar-refractivity contribution in [1.29, 1.82) is 0 Å². The third-order valence-corrected chi connectivity index (χ3v) is 4.54. The van der Waals surface area contributed by atoms with Crippen LogP contribution in [0.2, 0.25) is 0 Å². The molecule has 1 aliphatic rings. The van der Waals surface area contributed by atoms with Gasteiger partial charge in [-0.2, -0.15) is 0 Å². The monoisotopic (exact) mass is 285 g/mol. The molecule has 112 valence electrons. The van der Waals surface area contributed by atoms with Crippen LogP contribution in [0.4, 0.5) is 5.82 Å². The van der Waals surface area contributed by atoms with Crippen molar-refractivity contribution in [1.82, 2.24) is 9.88 Å². The number of aliphatic hydroxyl groups is 1. The van der Waals surface area contributed by atoms with Crippen LogP contribution in [-0.2, 0) is 0 Å². The van der Waals surface area contributed by atoms with Crippen molar-refractivity contribution in [3.63, 3.8) is 0 Å². The number of pyridine rings is 1. The Kier molecular flexibility index (Phi) is 4.08. The summed E-state index contributed by atoms with van der Waals surface area (Å²) in [6.07, 6.45) is 2.01. The lowest BCUT2D eigenvalue weighted by Crippen LogP contribution is -2.47. The molecule has 1 fully saturated rings. The molecule has 0 amide bonds. The third-order valence-electron chi connectivity index (χ3n) is 4.54. The Morgan fingerprint density at radius 2 is 1.90 bits per heavy atom. The maximum Gasteiger partial charge on any atom is 0.129 e. The first-order chi connectivity index (χ1) is 10.2. The number of anilines is 1. The van der Waals surface area contributed by atoms with Crippen molar-refractivity contribution in [3.05, 3.63) is 35.5 Å². The highest BCUT2D eigenvalue weighted by Crippen LogP contribution is 2.24. The number of hydrogen-bond acceptors (Lipinski definition) is 4. The first-order valence-corrected chi connectivity index (χ1v) is 7.63. The van der Waals surface area contributed by atoms with Crippen LogP contribution < -0.4 is 4.90 Å². The SMILES string of the molecule is Cc1ccc2cc(N3CCN(CCO)CC3)ncc2c1C. The van der Waals surface area contributed by atoms with Gasteiger partial charge in [0.15, 0.2) is 0 Å². The van der Waals surface area contributed by atoms with E-state index in [2.05, 4.69) is 46.8 Å². The maximum atomic E-state index is 9.00. The number of hydrogen-bond donors (Lipinski definition) is 1. The second kappa shape index (κ2) is 6.00. The zero-order chi connectivity index (χ0) is 14.8. The second-order valence-electron chi connectivity index (χ2n) is 5.82. The van der Waals surface area contributed by atoms with Gasteiger partial charge in [0, 0.05) is 44.3 Å². The predicted octanol–water partition coefficient (Wildman–Crippen LogP) is 1.97. The van der Waals surface area contributed by atoms with Gasteiger partial charge in [-0.15, -0.1) is 0 Å². The molecule has 21 heavy (non-hydrogen) atoms. The third kappa shape index (κ3) is 2.87. The highest BCUT2D eigenvalue weighted by Gasteiger charge is 2.17. The molecule has 4 nitrogen and oxygen atoms in total. The lowest BCUT2D eigenvalue weighted by Gasteiger charge is -2.35. The van der Waals surface area contributed by atoms with Gasteiger partial charge in [-0.1, -0.05) is 12.1 Å². The van der Waals surface area contributed by atoms with Crippen LogP contribution in [0.15, 0.2) is 24.4 Å². The first kappa shape index (κ1) is 14.3. The Morgan fingerprint density at radius 1 is 1.14 bits per heavy atom. The standard InChI is InChI=1S/C17H23N3O/c1-13-3-4-15-11-17(18-12-16(15)14(13)2)20-7-5-19(6-8-20)9-10-21/h3-4,11-12,21H,5-10H2,1-2H3. The number of aryl methyl sites for hydroxylation is 2. The van der Waals surface area contributed by atoms with Gasteiger partial charge in [0.05, 0.1) is 6.61 Å². The molecule has 1 aliphatic heterocycles. The Bertz CT molecular complexity index is 633. The molecule has 3 rings (SSSR count). The van der Waals surface area contributed by atoms with E-state index in [1.54, 1.807) is 0 Å². The quantitative estimate of drug-likeness (QED) is 0.936. The van der Waals surface area contributed by atoms with E-state index in [9.17, 15) is 0 Å². The van der Waals surface area contributed by atoms with Crippen LogP contribution in [0.3, 0.4) is 0 Å². The minimum absolute atomic E-state index is 0.243. The molecule has 4 heteroatoms. The van der Waals surface area contributed by atoms with Crippen molar-refractivity contribution >= 4 is 16.6 Å². The fraction of sp³-hybridized carbons (Fsp3) is 0.471. The minimum Gasteiger partial charge on any atom is -0.395 e. The van der Waals surface area contributed by atoms with Gasteiger partial charge in [-0.3, -0.25) is 4.90 Å². The molecule has 2 aromatic rings. The number of fused-ring (bicyclic) bond motifs is 1. The van der Waals surface area contributed by atoms with E-state index in [-0.39, 0.29) is 6.61 Å². The first-order valence-electron chi connectivity index (χ1n) is 7.63.